The number of nitrogens with one attached hydrogen (secondary N) is 1. The Morgan fingerprint density at radius 3 is 2.45 bits per heavy atom. The van der Waals surface area contributed by atoms with Crippen LogP contribution in [0.2, 0.25) is 0 Å². The molecule has 22 heavy (non-hydrogen) atoms. The zero-order valence-corrected chi connectivity index (χ0v) is 12.8. The number of aryl methyl sites for hydroxylation is 1. The molecule has 0 bridgehead atoms. The first-order valence-corrected chi connectivity index (χ1v) is 7.74. The van der Waals surface area contributed by atoms with Crippen molar-refractivity contribution in [3.63, 3.8) is 0 Å². The van der Waals surface area contributed by atoms with E-state index in [1.165, 1.54) is 19.2 Å². The lowest BCUT2D eigenvalue weighted by Crippen LogP contribution is -2.15. The third-order valence-electron chi connectivity index (χ3n) is 3.04. The Balaban J connectivity index is 2.51. The molecule has 0 aliphatic carbocycles. The summed E-state index contributed by atoms with van der Waals surface area (Å²) >= 11 is 0. The summed E-state index contributed by atoms with van der Waals surface area (Å²) in [5, 5.41) is 10.8. The quantitative estimate of drug-likeness (QED) is 0.674. The van der Waals surface area contributed by atoms with E-state index in [1.807, 2.05) is 0 Å². The lowest BCUT2D eigenvalue weighted by Gasteiger charge is -2.12. The highest BCUT2D eigenvalue weighted by atomic mass is 32.2. The van der Waals surface area contributed by atoms with Crippen LogP contribution in [0, 0.1) is 17.0 Å². The molecule has 0 aliphatic rings. The lowest BCUT2D eigenvalue weighted by molar-refractivity contribution is -0.385. The molecule has 0 heterocycles. The predicted octanol–water partition coefficient (Wildman–Crippen LogP) is 2.71. The van der Waals surface area contributed by atoms with Crippen molar-refractivity contribution in [2.45, 2.75) is 11.8 Å². The van der Waals surface area contributed by atoms with Gasteiger partial charge >= 0.3 is 0 Å². The number of benzene rings is 2. The average molecular weight is 322 g/mol. The van der Waals surface area contributed by atoms with Gasteiger partial charge in [-0.25, -0.2) is 8.42 Å². The van der Waals surface area contributed by atoms with Crippen molar-refractivity contribution >= 4 is 21.4 Å². The molecule has 0 saturated heterocycles. The van der Waals surface area contributed by atoms with Crippen molar-refractivity contribution in [2.75, 3.05) is 11.8 Å². The maximum atomic E-state index is 12.5. The Hall–Kier alpha value is -2.61. The van der Waals surface area contributed by atoms with Gasteiger partial charge in [0.05, 0.1) is 17.7 Å². The number of non-ortho nitro benzene ring substituents is 1. The molecule has 0 amide bonds. The molecule has 0 aromatic heterocycles. The van der Waals surface area contributed by atoms with Gasteiger partial charge in [-0.1, -0.05) is 18.2 Å². The number of nitro groups is 1. The molecule has 7 nitrogen and oxygen atoms in total. The summed E-state index contributed by atoms with van der Waals surface area (Å²) in [6.07, 6.45) is 0. The van der Waals surface area contributed by atoms with Crippen LogP contribution in [-0.2, 0) is 10.0 Å². The molecule has 0 aliphatic heterocycles. The van der Waals surface area contributed by atoms with Crippen LogP contribution in [0.15, 0.2) is 47.4 Å². The molecule has 2 aromatic carbocycles. The van der Waals surface area contributed by atoms with Gasteiger partial charge in [-0.3, -0.25) is 14.8 Å². The average Bonchev–Trinajstić information content (AvgIpc) is 2.48. The van der Waals surface area contributed by atoms with Gasteiger partial charge in [0, 0.05) is 12.1 Å². The van der Waals surface area contributed by atoms with Crippen LogP contribution in [0.1, 0.15) is 5.56 Å². The molecule has 0 fully saturated rings. The zero-order chi connectivity index (χ0) is 16.3. The lowest BCUT2D eigenvalue weighted by atomic mass is 10.2. The van der Waals surface area contributed by atoms with Gasteiger partial charge in [0.25, 0.3) is 15.7 Å². The summed E-state index contributed by atoms with van der Waals surface area (Å²) in [5.41, 5.74) is 0.803. The van der Waals surface area contributed by atoms with E-state index in [4.69, 9.17) is 4.74 Å². The van der Waals surface area contributed by atoms with Crippen LogP contribution in [0.3, 0.4) is 0 Å². The molecular formula is C14H14N2O5S. The number of nitrogens with zero attached hydrogens (tertiary/aromatic N) is 1. The Morgan fingerprint density at radius 2 is 1.86 bits per heavy atom. The third kappa shape index (κ3) is 3.17. The normalized spacial score (nSPS) is 11.0. The van der Waals surface area contributed by atoms with Gasteiger partial charge in [-0.2, -0.15) is 0 Å². The van der Waals surface area contributed by atoms with Gasteiger partial charge in [0.2, 0.25) is 0 Å². The van der Waals surface area contributed by atoms with Crippen LogP contribution in [0.4, 0.5) is 11.4 Å². The minimum Gasteiger partial charge on any atom is -0.495 e. The number of hydrogen-bond donors (Lipinski definition) is 1. The molecular weight excluding hydrogens is 308 g/mol. The van der Waals surface area contributed by atoms with Crippen molar-refractivity contribution in [1.29, 1.82) is 0 Å². The number of para-hydroxylation sites is 1. The van der Waals surface area contributed by atoms with Crippen LogP contribution < -0.4 is 9.46 Å². The minimum absolute atomic E-state index is 0.0340. The molecule has 1 N–H and O–H groups in total. The van der Waals surface area contributed by atoms with Crippen molar-refractivity contribution < 1.29 is 18.1 Å². The monoisotopic (exact) mass is 322 g/mol. The molecule has 0 atom stereocenters. The summed E-state index contributed by atoms with van der Waals surface area (Å²) in [5.74, 6) is 0.0340. The van der Waals surface area contributed by atoms with Crippen molar-refractivity contribution in [1.82, 2.24) is 0 Å². The third-order valence-corrected chi connectivity index (χ3v) is 4.42. The number of hydrogen-bond acceptors (Lipinski definition) is 5. The smallest absolute Gasteiger partial charge is 0.271 e. The molecule has 0 spiro atoms. The first-order chi connectivity index (χ1) is 10.3. The first-order valence-electron chi connectivity index (χ1n) is 6.26. The molecule has 116 valence electrons. The Kier molecular flexibility index (Phi) is 4.32. The summed E-state index contributed by atoms with van der Waals surface area (Å²) in [6.45, 7) is 1.75. The fourth-order valence-corrected chi connectivity index (χ4v) is 3.20. The molecule has 0 saturated carbocycles. The highest BCUT2D eigenvalue weighted by Crippen LogP contribution is 2.30. The summed E-state index contributed by atoms with van der Waals surface area (Å²) < 4.78 is 32.4. The SMILES string of the molecule is COc1ccc([N+](=O)[O-])cc1S(=O)(=O)Nc1ccccc1C. The number of nitro benzene ring substituents is 1. The van der Waals surface area contributed by atoms with E-state index in [-0.39, 0.29) is 16.3 Å². The van der Waals surface area contributed by atoms with Crippen LogP contribution in [0.5, 0.6) is 5.75 Å². The van der Waals surface area contributed by atoms with Crippen LogP contribution in [0.25, 0.3) is 0 Å². The Morgan fingerprint density at radius 1 is 1.18 bits per heavy atom. The van der Waals surface area contributed by atoms with Gasteiger partial charge < -0.3 is 4.74 Å². The number of ether oxygens (including phenoxy) is 1. The fourth-order valence-electron chi connectivity index (χ4n) is 1.88. The Labute approximate surface area is 127 Å². The largest absolute Gasteiger partial charge is 0.495 e. The standard InChI is InChI=1S/C14H14N2O5S/c1-10-5-3-4-6-12(10)15-22(19,20)14-9-11(16(17)18)7-8-13(14)21-2/h3-9,15H,1-2H3. The van der Waals surface area contributed by atoms with Crippen molar-refractivity contribution in [3.8, 4) is 5.75 Å². The summed E-state index contributed by atoms with van der Waals surface area (Å²) in [7, 11) is -2.71. The predicted molar refractivity (Wildman–Crippen MR) is 81.6 cm³/mol. The van der Waals surface area contributed by atoms with E-state index in [2.05, 4.69) is 4.72 Å². The fraction of sp³-hybridized carbons (Fsp3) is 0.143. The zero-order valence-electron chi connectivity index (χ0n) is 11.9. The number of rotatable bonds is 5. The van der Waals surface area contributed by atoms with Crippen molar-refractivity contribution in [2.24, 2.45) is 0 Å². The number of anilines is 1. The second-order valence-electron chi connectivity index (χ2n) is 4.51. The van der Waals surface area contributed by atoms with E-state index in [9.17, 15) is 18.5 Å². The van der Waals surface area contributed by atoms with Gasteiger partial charge in [-0.15, -0.1) is 0 Å². The van der Waals surface area contributed by atoms with E-state index in [1.54, 1.807) is 31.2 Å². The molecule has 0 radical (unpaired) electrons. The van der Waals surface area contributed by atoms with E-state index < -0.39 is 14.9 Å². The second-order valence-corrected chi connectivity index (χ2v) is 6.16. The first kappa shape index (κ1) is 15.8. The van der Waals surface area contributed by atoms with Crippen LogP contribution >= 0.6 is 0 Å². The highest BCUT2D eigenvalue weighted by molar-refractivity contribution is 7.92. The van der Waals surface area contributed by atoms with E-state index in [0.29, 0.717) is 5.69 Å². The maximum absolute atomic E-state index is 12.5. The minimum atomic E-state index is -4.01. The summed E-state index contributed by atoms with van der Waals surface area (Å²) in [6, 6.07) is 10.2. The van der Waals surface area contributed by atoms with E-state index >= 15 is 0 Å². The summed E-state index contributed by atoms with van der Waals surface area (Å²) in [4.78, 5) is 9.90. The molecule has 2 aromatic rings. The van der Waals surface area contributed by atoms with E-state index in [0.717, 1.165) is 11.6 Å². The maximum Gasteiger partial charge on any atom is 0.271 e. The topological polar surface area (TPSA) is 98.5 Å². The van der Waals surface area contributed by atoms with Crippen LogP contribution in [-0.4, -0.2) is 20.5 Å². The molecule has 2 rings (SSSR count). The van der Waals surface area contributed by atoms with Gasteiger partial charge in [-0.05, 0) is 24.6 Å². The molecule has 0 unspecified atom stereocenters. The number of methoxy groups -OCH3 is 1. The molecule has 8 heteroatoms. The number of sulfonamides is 1. The van der Waals surface area contributed by atoms with Gasteiger partial charge in [0.15, 0.2) is 0 Å². The Bertz CT molecular complexity index is 818. The highest BCUT2D eigenvalue weighted by Gasteiger charge is 2.23. The van der Waals surface area contributed by atoms with Gasteiger partial charge in [0.1, 0.15) is 10.6 Å². The van der Waals surface area contributed by atoms with Crippen molar-refractivity contribution in [3.05, 3.63) is 58.1 Å². The second kappa shape index (κ2) is 6.02.